The summed E-state index contributed by atoms with van der Waals surface area (Å²) >= 11 is 0. The van der Waals surface area contributed by atoms with Gasteiger partial charge in [0, 0.05) is 12.8 Å². The van der Waals surface area contributed by atoms with Crippen LogP contribution in [0.1, 0.15) is 11.9 Å². The Morgan fingerprint density at radius 1 is 1.42 bits per heavy atom. The molecule has 0 spiro atoms. The topological polar surface area (TPSA) is 84.1 Å². The van der Waals surface area contributed by atoms with Gasteiger partial charge in [0.05, 0.1) is 35.2 Å². The molecule has 7 heteroatoms. The minimum Gasteiger partial charge on any atom is -0.378 e. The van der Waals surface area contributed by atoms with E-state index >= 15 is 0 Å². The van der Waals surface area contributed by atoms with Crippen LogP contribution in [0.4, 0.5) is 0 Å². The SMILES string of the molecule is CS(=O)(=O)c1ccc2nc(C3COCCN3)[nH]c2c1. The number of ether oxygens (including phenoxy) is 1. The fraction of sp³-hybridized carbons (Fsp3) is 0.417. The van der Waals surface area contributed by atoms with Crippen molar-refractivity contribution in [2.24, 2.45) is 0 Å². The van der Waals surface area contributed by atoms with Gasteiger partial charge in [0.1, 0.15) is 5.82 Å². The highest BCUT2D eigenvalue weighted by molar-refractivity contribution is 7.90. The van der Waals surface area contributed by atoms with Crippen LogP contribution < -0.4 is 5.32 Å². The second-order valence-corrected chi connectivity index (χ2v) is 6.67. The minimum atomic E-state index is -3.20. The average Bonchev–Trinajstić information content (AvgIpc) is 2.81. The van der Waals surface area contributed by atoms with E-state index in [4.69, 9.17) is 4.74 Å². The van der Waals surface area contributed by atoms with Gasteiger partial charge in [-0.05, 0) is 18.2 Å². The molecule has 2 heterocycles. The van der Waals surface area contributed by atoms with Gasteiger partial charge in [-0.2, -0.15) is 0 Å². The standard InChI is InChI=1S/C12H15N3O3S/c1-19(16,17)8-2-3-9-10(6-8)15-12(14-9)11-7-18-5-4-13-11/h2-3,6,11,13H,4-5,7H2,1H3,(H,14,15). The number of benzene rings is 1. The van der Waals surface area contributed by atoms with Gasteiger partial charge in [0.15, 0.2) is 9.84 Å². The lowest BCUT2D eigenvalue weighted by Gasteiger charge is -2.21. The first-order valence-corrected chi connectivity index (χ1v) is 7.94. The van der Waals surface area contributed by atoms with E-state index in [0.717, 1.165) is 23.4 Å². The van der Waals surface area contributed by atoms with Crippen molar-refractivity contribution in [1.82, 2.24) is 15.3 Å². The number of aromatic nitrogens is 2. The first-order chi connectivity index (χ1) is 9.04. The molecule has 2 aromatic rings. The van der Waals surface area contributed by atoms with Gasteiger partial charge in [-0.15, -0.1) is 0 Å². The summed E-state index contributed by atoms with van der Waals surface area (Å²) < 4.78 is 28.4. The van der Waals surface area contributed by atoms with Crippen LogP contribution in [-0.4, -0.2) is 44.4 Å². The van der Waals surface area contributed by atoms with Gasteiger partial charge >= 0.3 is 0 Å². The van der Waals surface area contributed by atoms with Gasteiger partial charge in [0.2, 0.25) is 0 Å². The van der Waals surface area contributed by atoms with Crippen molar-refractivity contribution in [2.75, 3.05) is 26.0 Å². The lowest BCUT2D eigenvalue weighted by Crippen LogP contribution is -2.35. The number of fused-ring (bicyclic) bond motifs is 1. The van der Waals surface area contributed by atoms with Gasteiger partial charge in [-0.3, -0.25) is 0 Å². The maximum absolute atomic E-state index is 11.5. The number of aromatic amines is 1. The summed E-state index contributed by atoms with van der Waals surface area (Å²) in [7, 11) is -3.20. The Morgan fingerprint density at radius 2 is 2.26 bits per heavy atom. The molecule has 1 fully saturated rings. The number of hydrogen-bond acceptors (Lipinski definition) is 5. The molecular formula is C12H15N3O3S. The van der Waals surface area contributed by atoms with Gasteiger partial charge in [0.25, 0.3) is 0 Å². The molecule has 0 radical (unpaired) electrons. The molecule has 1 unspecified atom stereocenters. The molecule has 1 atom stereocenters. The highest BCUT2D eigenvalue weighted by Gasteiger charge is 2.19. The molecule has 1 aliphatic heterocycles. The van der Waals surface area contributed by atoms with Crippen LogP contribution in [0.5, 0.6) is 0 Å². The number of hydrogen-bond donors (Lipinski definition) is 2. The van der Waals surface area contributed by atoms with Crippen molar-refractivity contribution in [2.45, 2.75) is 10.9 Å². The Morgan fingerprint density at radius 3 is 2.95 bits per heavy atom. The Bertz CT molecular complexity index is 702. The number of imidazole rings is 1. The number of sulfone groups is 1. The van der Waals surface area contributed by atoms with Crippen LogP contribution in [0.3, 0.4) is 0 Å². The normalized spacial score (nSPS) is 20.8. The van der Waals surface area contributed by atoms with Crippen LogP contribution in [0.2, 0.25) is 0 Å². The number of nitrogens with zero attached hydrogens (tertiary/aromatic N) is 1. The van der Waals surface area contributed by atoms with Crippen molar-refractivity contribution < 1.29 is 13.2 Å². The lowest BCUT2D eigenvalue weighted by atomic mass is 10.2. The third kappa shape index (κ3) is 2.49. The van der Waals surface area contributed by atoms with Gasteiger partial charge in [-0.1, -0.05) is 0 Å². The number of morpholine rings is 1. The molecule has 19 heavy (non-hydrogen) atoms. The molecule has 0 saturated carbocycles. The summed E-state index contributed by atoms with van der Waals surface area (Å²) in [6.45, 7) is 2.06. The van der Waals surface area contributed by atoms with E-state index in [9.17, 15) is 8.42 Å². The maximum Gasteiger partial charge on any atom is 0.175 e. The second kappa shape index (κ2) is 4.59. The quantitative estimate of drug-likeness (QED) is 0.843. The summed E-state index contributed by atoms with van der Waals surface area (Å²) in [5.74, 6) is 0.778. The second-order valence-electron chi connectivity index (χ2n) is 4.65. The Hall–Kier alpha value is -1.44. The van der Waals surface area contributed by atoms with Crippen molar-refractivity contribution in [3.8, 4) is 0 Å². The van der Waals surface area contributed by atoms with E-state index in [2.05, 4.69) is 15.3 Å². The van der Waals surface area contributed by atoms with Crippen LogP contribution in [0.15, 0.2) is 23.1 Å². The highest BCUT2D eigenvalue weighted by atomic mass is 32.2. The highest BCUT2D eigenvalue weighted by Crippen LogP contribution is 2.20. The van der Waals surface area contributed by atoms with E-state index in [1.165, 1.54) is 6.26 Å². The van der Waals surface area contributed by atoms with Gasteiger partial charge < -0.3 is 15.0 Å². The van der Waals surface area contributed by atoms with E-state index in [-0.39, 0.29) is 6.04 Å². The van der Waals surface area contributed by atoms with Crippen molar-refractivity contribution >= 4 is 20.9 Å². The van der Waals surface area contributed by atoms with Crippen LogP contribution in [0.25, 0.3) is 11.0 Å². The van der Waals surface area contributed by atoms with Crippen molar-refractivity contribution in [1.29, 1.82) is 0 Å². The summed E-state index contributed by atoms with van der Waals surface area (Å²) in [6, 6.07) is 4.94. The fourth-order valence-corrected chi connectivity index (χ4v) is 2.79. The maximum atomic E-state index is 11.5. The van der Waals surface area contributed by atoms with Crippen molar-refractivity contribution in [3.05, 3.63) is 24.0 Å². The molecule has 1 saturated heterocycles. The zero-order valence-corrected chi connectivity index (χ0v) is 11.3. The zero-order valence-electron chi connectivity index (χ0n) is 10.5. The molecule has 102 valence electrons. The van der Waals surface area contributed by atoms with Crippen molar-refractivity contribution in [3.63, 3.8) is 0 Å². The molecule has 0 bridgehead atoms. The lowest BCUT2D eigenvalue weighted by molar-refractivity contribution is 0.0746. The Kier molecular flexibility index (Phi) is 3.04. The first-order valence-electron chi connectivity index (χ1n) is 6.05. The van der Waals surface area contributed by atoms with Crippen LogP contribution in [0, 0.1) is 0 Å². The van der Waals surface area contributed by atoms with E-state index in [1.54, 1.807) is 18.2 Å². The average molecular weight is 281 g/mol. The van der Waals surface area contributed by atoms with E-state index in [0.29, 0.717) is 18.1 Å². The number of nitrogens with one attached hydrogen (secondary N) is 2. The molecule has 6 nitrogen and oxygen atoms in total. The van der Waals surface area contributed by atoms with Gasteiger partial charge in [-0.25, -0.2) is 13.4 Å². The number of rotatable bonds is 2. The summed E-state index contributed by atoms with van der Waals surface area (Å²) in [5.41, 5.74) is 1.49. The molecule has 0 aliphatic carbocycles. The molecular weight excluding hydrogens is 266 g/mol. The number of H-pyrrole nitrogens is 1. The van der Waals surface area contributed by atoms with E-state index in [1.807, 2.05) is 0 Å². The zero-order chi connectivity index (χ0) is 13.5. The third-order valence-corrected chi connectivity index (χ3v) is 4.26. The van der Waals surface area contributed by atoms with Crippen LogP contribution >= 0.6 is 0 Å². The summed E-state index contributed by atoms with van der Waals surface area (Å²) in [5, 5.41) is 3.30. The molecule has 1 aromatic heterocycles. The summed E-state index contributed by atoms with van der Waals surface area (Å²) in [6.07, 6.45) is 1.20. The molecule has 2 N–H and O–H groups in total. The largest absolute Gasteiger partial charge is 0.378 e. The van der Waals surface area contributed by atoms with Crippen LogP contribution in [-0.2, 0) is 14.6 Å². The molecule has 1 aromatic carbocycles. The Labute approximate surface area is 111 Å². The monoisotopic (exact) mass is 281 g/mol. The third-order valence-electron chi connectivity index (χ3n) is 3.15. The smallest absolute Gasteiger partial charge is 0.175 e. The predicted molar refractivity (Wildman–Crippen MR) is 70.8 cm³/mol. The fourth-order valence-electron chi connectivity index (χ4n) is 2.15. The molecule has 0 amide bonds. The molecule has 3 rings (SSSR count). The summed E-state index contributed by atoms with van der Waals surface area (Å²) in [4.78, 5) is 7.92. The minimum absolute atomic E-state index is 0.0304. The molecule has 1 aliphatic rings. The first kappa shape index (κ1) is 12.6. The predicted octanol–water partition coefficient (Wildman–Crippen LogP) is 0.627. The van der Waals surface area contributed by atoms with E-state index < -0.39 is 9.84 Å². The Balaban J connectivity index is 2.01.